The zero-order valence-electron chi connectivity index (χ0n) is 8.34. The normalized spacial score (nSPS) is 9.93. The molecule has 3 nitrogen and oxygen atoms in total. The Morgan fingerprint density at radius 2 is 2.21 bits per heavy atom. The SMILES string of the molecule is CNCCOc1ccc(OC)cc1Cl. The van der Waals surface area contributed by atoms with Gasteiger partial charge < -0.3 is 14.8 Å². The van der Waals surface area contributed by atoms with Crippen molar-refractivity contribution in [2.75, 3.05) is 27.3 Å². The number of methoxy groups -OCH3 is 1. The van der Waals surface area contributed by atoms with Gasteiger partial charge in [-0.3, -0.25) is 0 Å². The van der Waals surface area contributed by atoms with Gasteiger partial charge in [0.2, 0.25) is 0 Å². The van der Waals surface area contributed by atoms with Crippen LogP contribution in [0.25, 0.3) is 0 Å². The molecular weight excluding hydrogens is 202 g/mol. The third-order valence-electron chi connectivity index (χ3n) is 1.75. The van der Waals surface area contributed by atoms with E-state index in [0.717, 1.165) is 12.3 Å². The van der Waals surface area contributed by atoms with Crippen molar-refractivity contribution < 1.29 is 9.47 Å². The molecule has 0 saturated heterocycles. The molecule has 0 aliphatic heterocycles. The van der Waals surface area contributed by atoms with Crippen LogP contribution < -0.4 is 14.8 Å². The Labute approximate surface area is 89.0 Å². The van der Waals surface area contributed by atoms with Gasteiger partial charge in [0.15, 0.2) is 0 Å². The maximum atomic E-state index is 5.96. The van der Waals surface area contributed by atoms with E-state index in [1.807, 2.05) is 13.1 Å². The average molecular weight is 216 g/mol. The Morgan fingerprint density at radius 1 is 1.43 bits per heavy atom. The predicted octanol–water partition coefficient (Wildman–Crippen LogP) is 1.95. The molecule has 1 aromatic carbocycles. The van der Waals surface area contributed by atoms with Crippen LogP contribution in [0.2, 0.25) is 5.02 Å². The van der Waals surface area contributed by atoms with Gasteiger partial charge in [0, 0.05) is 12.6 Å². The van der Waals surface area contributed by atoms with Crippen LogP contribution in [0.5, 0.6) is 11.5 Å². The molecule has 0 aliphatic rings. The quantitative estimate of drug-likeness (QED) is 0.762. The topological polar surface area (TPSA) is 30.5 Å². The van der Waals surface area contributed by atoms with Crippen molar-refractivity contribution >= 4 is 11.6 Å². The summed E-state index contributed by atoms with van der Waals surface area (Å²) >= 11 is 5.96. The molecule has 0 aromatic heterocycles. The summed E-state index contributed by atoms with van der Waals surface area (Å²) in [6.45, 7) is 1.39. The molecule has 0 bridgehead atoms. The molecule has 1 N–H and O–H groups in total. The van der Waals surface area contributed by atoms with E-state index in [0.29, 0.717) is 17.4 Å². The van der Waals surface area contributed by atoms with E-state index in [1.165, 1.54) is 0 Å². The first-order chi connectivity index (χ1) is 6.77. The zero-order chi connectivity index (χ0) is 10.4. The Bertz CT molecular complexity index is 291. The Hall–Kier alpha value is -0.930. The van der Waals surface area contributed by atoms with Crippen molar-refractivity contribution in [3.63, 3.8) is 0 Å². The minimum absolute atomic E-state index is 0.570. The lowest BCUT2D eigenvalue weighted by molar-refractivity contribution is 0.318. The van der Waals surface area contributed by atoms with E-state index in [1.54, 1.807) is 19.2 Å². The molecule has 0 amide bonds. The molecule has 4 heteroatoms. The molecule has 0 radical (unpaired) electrons. The van der Waals surface area contributed by atoms with E-state index in [2.05, 4.69) is 5.32 Å². The second-order valence-electron chi connectivity index (χ2n) is 2.75. The molecule has 0 unspecified atom stereocenters. The van der Waals surface area contributed by atoms with E-state index >= 15 is 0 Å². The Morgan fingerprint density at radius 3 is 2.79 bits per heavy atom. The molecule has 1 rings (SSSR count). The molecular formula is C10H14ClNO2. The molecule has 0 fully saturated rings. The minimum atomic E-state index is 0.570. The molecule has 0 saturated carbocycles. The molecule has 14 heavy (non-hydrogen) atoms. The van der Waals surface area contributed by atoms with Crippen LogP contribution in [0.3, 0.4) is 0 Å². The van der Waals surface area contributed by atoms with E-state index in [-0.39, 0.29) is 0 Å². The van der Waals surface area contributed by atoms with Crippen LogP contribution in [0.15, 0.2) is 18.2 Å². The lowest BCUT2D eigenvalue weighted by atomic mass is 10.3. The summed E-state index contributed by atoms with van der Waals surface area (Å²) < 4.78 is 10.4. The van der Waals surface area contributed by atoms with Crippen LogP contribution in [0, 0.1) is 0 Å². The number of benzene rings is 1. The van der Waals surface area contributed by atoms with E-state index in [9.17, 15) is 0 Å². The molecule has 1 aromatic rings. The number of likely N-dealkylation sites (N-methyl/N-ethyl adjacent to an activating group) is 1. The number of hydrogen-bond acceptors (Lipinski definition) is 3. The summed E-state index contributed by atoms with van der Waals surface area (Å²) in [6.07, 6.45) is 0. The van der Waals surface area contributed by atoms with Crippen LogP contribution in [-0.4, -0.2) is 27.3 Å². The van der Waals surface area contributed by atoms with Crippen LogP contribution in [0.1, 0.15) is 0 Å². The molecule has 0 aliphatic carbocycles. The van der Waals surface area contributed by atoms with Gasteiger partial charge in [-0.2, -0.15) is 0 Å². The number of hydrogen-bond donors (Lipinski definition) is 1. The van der Waals surface area contributed by atoms with Gasteiger partial charge in [0.25, 0.3) is 0 Å². The largest absolute Gasteiger partial charge is 0.497 e. The Balaban J connectivity index is 2.59. The second-order valence-corrected chi connectivity index (χ2v) is 3.16. The standard InChI is InChI=1S/C10H14ClNO2/c1-12-5-6-14-10-4-3-8(13-2)7-9(10)11/h3-4,7,12H,5-6H2,1-2H3. The third kappa shape index (κ3) is 3.09. The lowest BCUT2D eigenvalue weighted by Crippen LogP contribution is -2.16. The summed E-state index contributed by atoms with van der Waals surface area (Å²) in [7, 11) is 3.48. The second kappa shape index (κ2) is 5.73. The predicted molar refractivity (Wildman–Crippen MR) is 57.4 cm³/mol. The highest BCUT2D eigenvalue weighted by Gasteiger charge is 2.02. The smallest absolute Gasteiger partial charge is 0.138 e. The maximum Gasteiger partial charge on any atom is 0.138 e. The maximum absolute atomic E-state index is 5.96. The van der Waals surface area contributed by atoms with Crippen molar-refractivity contribution in [2.45, 2.75) is 0 Å². The average Bonchev–Trinajstić information content (AvgIpc) is 2.20. The number of rotatable bonds is 5. The van der Waals surface area contributed by atoms with Crippen molar-refractivity contribution in [3.8, 4) is 11.5 Å². The summed E-state index contributed by atoms with van der Waals surface area (Å²) in [4.78, 5) is 0. The Kier molecular flexibility index (Phi) is 4.56. The highest BCUT2D eigenvalue weighted by Crippen LogP contribution is 2.28. The number of ether oxygens (including phenoxy) is 2. The first-order valence-electron chi connectivity index (χ1n) is 4.39. The zero-order valence-corrected chi connectivity index (χ0v) is 9.10. The highest BCUT2D eigenvalue weighted by atomic mass is 35.5. The summed E-state index contributed by atoms with van der Waals surface area (Å²) in [6, 6.07) is 5.35. The minimum Gasteiger partial charge on any atom is -0.497 e. The van der Waals surface area contributed by atoms with E-state index in [4.69, 9.17) is 21.1 Å². The lowest BCUT2D eigenvalue weighted by Gasteiger charge is -2.08. The summed E-state index contributed by atoms with van der Waals surface area (Å²) in [5, 5.41) is 3.56. The van der Waals surface area contributed by atoms with Gasteiger partial charge in [-0.05, 0) is 19.2 Å². The molecule has 0 spiro atoms. The fourth-order valence-corrected chi connectivity index (χ4v) is 1.21. The first kappa shape index (κ1) is 11.1. The molecule has 78 valence electrons. The van der Waals surface area contributed by atoms with Gasteiger partial charge in [-0.15, -0.1) is 0 Å². The van der Waals surface area contributed by atoms with Crippen molar-refractivity contribution in [1.29, 1.82) is 0 Å². The number of nitrogens with one attached hydrogen (secondary N) is 1. The van der Waals surface area contributed by atoms with Crippen LogP contribution in [-0.2, 0) is 0 Å². The van der Waals surface area contributed by atoms with Gasteiger partial charge >= 0.3 is 0 Å². The fraction of sp³-hybridized carbons (Fsp3) is 0.400. The monoisotopic (exact) mass is 215 g/mol. The van der Waals surface area contributed by atoms with Crippen LogP contribution >= 0.6 is 11.6 Å². The van der Waals surface area contributed by atoms with Gasteiger partial charge in [0.05, 0.1) is 12.1 Å². The fourth-order valence-electron chi connectivity index (χ4n) is 0.989. The van der Waals surface area contributed by atoms with Crippen molar-refractivity contribution in [3.05, 3.63) is 23.2 Å². The summed E-state index contributed by atoms with van der Waals surface area (Å²) in [5.41, 5.74) is 0. The third-order valence-corrected chi connectivity index (χ3v) is 2.04. The molecule has 0 heterocycles. The summed E-state index contributed by atoms with van der Waals surface area (Å²) in [5.74, 6) is 1.42. The van der Waals surface area contributed by atoms with Gasteiger partial charge in [0.1, 0.15) is 18.1 Å². The van der Waals surface area contributed by atoms with Gasteiger partial charge in [-0.25, -0.2) is 0 Å². The van der Waals surface area contributed by atoms with Gasteiger partial charge in [-0.1, -0.05) is 11.6 Å². The van der Waals surface area contributed by atoms with E-state index < -0.39 is 0 Å². The number of halogens is 1. The van der Waals surface area contributed by atoms with Crippen LogP contribution in [0.4, 0.5) is 0 Å². The van der Waals surface area contributed by atoms with Crippen molar-refractivity contribution in [2.24, 2.45) is 0 Å². The molecule has 0 atom stereocenters. The highest BCUT2D eigenvalue weighted by molar-refractivity contribution is 6.32. The first-order valence-corrected chi connectivity index (χ1v) is 4.76. The van der Waals surface area contributed by atoms with Crippen molar-refractivity contribution in [1.82, 2.24) is 5.32 Å².